The van der Waals surface area contributed by atoms with Crippen LogP contribution in [-0.4, -0.2) is 36.5 Å². The molecule has 3 aromatic rings. The molecule has 0 saturated carbocycles. The highest BCUT2D eigenvalue weighted by molar-refractivity contribution is 6.51. The number of benzene rings is 3. The molecule has 8 heteroatoms. The van der Waals surface area contributed by atoms with Gasteiger partial charge in [0.25, 0.3) is 11.7 Å². The predicted octanol–water partition coefficient (Wildman–Crippen LogP) is 5.15. The lowest BCUT2D eigenvalue weighted by molar-refractivity contribution is -0.132. The molecular weight excluding hydrogens is 470 g/mol. The standard InChI is InChI=1S/C27H22ClNO6/c1-3-35-27(33)18-6-12-20(13-7-18)29-23(16-8-14-21(34-2)15-9-16)22(25(31)26(29)32)24(30)17-4-10-19(28)11-5-17/h4-15,23,30H,3H2,1-2H3/b24-22-. The molecule has 1 unspecified atom stereocenters. The number of rotatable bonds is 6. The van der Waals surface area contributed by atoms with Crippen molar-refractivity contribution in [1.29, 1.82) is 0 Å². The molecule has 1 fully saturated rings. The van der Waals surface area contributed by atoms with E-state index in [-0.39, 0.29) is 17.9 Å². The zero-order valence-corrected chi connectivity index (χ0v) is 19.8. The highest BCUT2D eigenvalue weighted by Gasteiger charge is 2.47. The van der Waals surface area contributed by atoms with Crippen LogP contribution in [0.2, 0.25) is 5.02 Å². The highest BCUT2D eigenvalue weighted by atomic mass is 35.5. The van der Waals surface area contributed by atoms with Crippen molar-refractivity contribution in [2.24, 2.45) is 0 Å². The summed E-state index contributed by atoms with van der Waals surface area (Å²) in [6, 6.07) is 18.5. The van der Waals surface area contributed by atoms with E-state index in [1.165, 1.54) is 24.1 Å². The summed E-state index contributed by atoms with van der Waals surface area (Å²) in [6.07, 6.45) is 0. The molecule has 0 radical (unpaired) electrons. The number of aliphatic hydroxyl groups excluding tert-OH is 1. The molecule has 0 aliphatic carbocycles. The number of nitrogens with zero attached hydrogens (tertiary/aromatic N) is 1. The predicted molar refractivity (Wildman–Crippen MR) is 132 cm³/mol. The lowest BCUT2D eigenvalue weighted by Crippen LogP contribution is -2.29. The van der Waals surface area contributed by atoms with Gasteiger partial charge in [0.2, 0.25) is 0 Å². The number of halogens is 1. The first kappa shape index (κ1) is 24.0. The largest absolute Gasteiger partial charge is 0.507 e. The minimum Gasteiger partial charge on any atom is -0.507 e. The Morgan fingerprint density at radius 3 is 2.11 bits per heavy atom. The summed E-state index contributed by atoms with van der Waals surface area (Å²) in [6.45, 7) is 1.94. The second-order valence-electron chi connectivity index (χ2n) is 7.72. The van der Waals surface area contributed by atoms with Crippen LogP contribution in [0, 0.1) is 0 Å². The van der Waals surface area contributed by atoms with E-state index in [1.54, 1.807) is 67.6 Å². The number of anilines is 1. The van der Waals surface area contributed by atoms with Crippen LogP contribution in [0.4, 0.5) is 5.69 Å². The third kappa shape index (κ3) is 4.63. The van der Waals surface area contributed by atoms with Gasteiger partial charge in [0.15, 0.2) is 0 Å². The van der Waals surface area contributed by atoms with E-state index in [9.17, 15) is 19.5 Å². The number of methoxy groups -OCH3 is 1. The van der Waals surface area contributed by atoms with Gasteiger partial charge in [0.05, 0.1) is 30.9 Å². The maximum absolute atomic E-state index is 13.2. The van der Waals surface area contributed by atoms with Crippen LogP contribution in [-0.2, 0) is 14.3 Å². The molecular formula is C27H22ClNO6. The molecule has 1 saturated heterocycles. The van der Waals surface area contributed by atoms with Crippen molar-refractivity contribution in [2.45, 2.75) is 13.0 Å². The fourth-order valence-corrected chi connectivity index (χ4v) is 4.06. The van der Waals surface area contributed by atoms with Crippen LogP contribution in [0.15, 0.2) is 78.4 Å². The molecule has 0 aromatic heterocycles. The van der Waals surface area contributed by atoms with Crippen molar-refractivity contribution in [3.63, 3.8) is 0 Å². The summed E-state index contributed by atoms with van der Waals surface area (Å²) < 4.78 is 10.2. The van der Waals surface area contributed by atoms with Crippen LogP contribution in [0.25, 0.3) is 5.76 Å². The van der Waals surface area contributed by atoms with Crippen molar-refractivity contribution in [2.75, 3.05) is 18.6 Å². The SMILES string of the molecule is CCOC(=O)c1ccc(N2C(=O)C(=O)/C(=C(\O)c3ccc(Cl)cc3)C2c2ccc(OC)cc2)cc1. The van der Waals surface area contributed by atoms with E-state index < -0.39 is 23.7 Å². The molecule has 1 atom stereocenters. The maximum atomic E-state index is 13.2. The average Bonchev–Trinajstić information content (AvgIpc) is 3.14. The molecule has 1 N–H and O–H groups in total. The number of amides is 1. The molecule has 35 heavy (non-hydrogen) atoms. The molecule has 178 valence electrons. The lowest BCUT2D eigenvalue weighted by Gasteiger charge is -2.25. The Hall–Kier alpha value is -4.10. The summed E-state index contributed by atoms with van der Waals surface area (Å²) in [5.41, 5.74) is 1.58. The Morgan fingerprint density at radius 1 is 0.943 bits per heavy atom. The zero-order valence-electron chi connectivity index (χ0n) is 19.0. The van der Waals surface area contributed by atoms with Gasteiger partial charge in [-0.2, -0.15) is 0 Å². The summed E-state index contributed by atoms with van der Waals surface area (Å²) in [7, 11) is 1.53. The van der Waals surface area contributed by atoms with Crippen molar-refractivity contribution in [3.05, 3.63) is 100 Å². The number of aliphatic hydroxyl groups is 1. The number of carbonyl (C=O) groups is 3. The van der Waals surface area contributed by atoms with E-state index in [1.807, 2.05) is 0 Å². The fourth-order valence-electron chi connectivity index (χ4n) is 3.94. The van der Waals surface area contributed by atoms with Gasteiger partial charge in [-0.25, -0.2) is 4.79 Å². The average molecular weight is 492 g/mol. The number of Topliss-reactive ketones (excluding diaryl/α,β-unsaturated/α-hetero) is 1. The highest BCUT2D eigenvalue weighted by Crippen LogP contribution is 2.42. The number of hydrogen-bond acceptors (Lipinski definition) is 6. The third-order valence-corrected chi connectivity index (χ3v) is 5.90. The summed E-state index contributed by atoms with van der Waals surface area (Å²) in [5, 5.41) is 11.6. The molecule has 0 bridgehead atoms. The molecule has 3 aromatic carbocycles. The molecule has 4 rings (SSSR count). The van der Waals surface area contributed by atoms with Gasteiger partial charge < -0.3 is 14.6 Å². The summed E-state index contributed by atoms with van der Waals surface area (Å²) in [5.74, 6) is -1.83. The van der Waals surface area contributed by atoms with E-state index >= 15 is 0 Å². The van der Waals surface area contributed by atoms with E-state index in [0.29, 0.717) is 33.1 Å². The lowest BCUT2D eigenvalue weighted by atomic mass is 9.95. The third-order valence-electron chi connectivity index (χ3n) is 5.65. The Balaban J connectivity index is 1.85. The van der Waals surface area contributed by atoms with E-state index in [0.717, 1.165) is 0 Å². The fraction of sp³-hybridized carbons (Fsp3) is 0.148. The first-order valence-electron chi connectivity index (χ1n) is 10.8. The van der Waals surface area contributed by atoms with E-state index in [4.69, 9.17) is 21.1 Å². The normalized spacial score (nSPS) is 16.9. The number of esters is 1. The zero-order chi connectivity index (χ0) is 25.1. The summed E-state index contributed by atoms with van der Waals surface area (Å²) in [4.78, 5) is 39.8. The van der Waals surface area contributed by atoms with Crippen molar-refractivity contribution < 1.29 is 29.0 Å². The van der Waals surface area contributed by atoms with Crippen LogP contribution < -0.4 is 9.64 Å². The van der Waals surface area contributed by atoms with Crippen LogP contribution in [0.1, 0.15) is 34.5 Å². The number of hydrogen-bond donors (Lipinski definition) is 1. The smallest absolute Gasteiger partial charge is 0.338 e. The molecule has 0 spiro atoms. The number of carbonyl (C=O) groups excluding carboxylic acids is 3. The maximum Gasteiger partial charge on any atom is 0.338 e. The van der Waals surface area contributed by atoms with Gasteiger partial charge in [0, 0.05) is 16.3 Å². The van der Waals surface area contributed by atoms with Crippen LogP contribution in [0.5, 0.6) is 5.75 Å². The van der Waals surface area contributed by atoms with Crippen molar-refractivity contribution >= 4 is 40.7 Å². The second kappa shape index (κ2) is 10.0. The molecule has 7 nitrogen and oxygen atoms in total. The molecule has 1 aliphatic heterocycles. The number of ether oxygens (including phenoxy) is 2. The Labute approximate surface area is 207 Å². The Morgan fingerprint density at radius 2 is 1.54 bits per heavy atom. The van der Waals surface area contributed by atoms with Gasteiger partial charge in [0.1, 0.15) is 11.5 Å². The Bertz CT molecular complexity index is 1300. The van der Waals surface area contributed by atoms with Gasteiger partial charge in [-0.15, -0.1) is 0 Å². The van der Waals surface area contributed by atoms with Gasteiger partial charge >= 0.3 is 5.97 Å². The monoisotopic (exact) mass is 491 g/mol. The second-order valence-corrected chi connectivity index (χ2v) is 8.15. The van der Waals surface area contributed by atoms with Crippen LogP contribution in [0.3, 0.4) is 0 Å². The van der Waals surface area contributed by atoms with Gasteiger partial charge in [-0.1, -0.05) is 23.7 Å². The minimum atomic E-state index is -0.912. The minimum absolute atomic E-state index is 0.0584. The quantitative estimate of drug-likeness (QED) is 0.222. The van der Waals surface area contributed by atoms with Crippen LogP contribution >= 0.6 is 11.6 Å². The molecule has 1 aliphatic rings. The Kier molecular flexibility index (Phi) is 6.89. The number of ketones is 1. The van der Waals surface area contributed by atoms with Gasteiger partial charge in [-0.05, 0) is 73.2 Å². The van der Waals surface area contributed by atoms with Gasteiger partial charge in [-0.3, -0.25) is 14.5 Å². The van der Waals surface area contributed by atoms with E-state index in [2.05, 4.69) is 0 Å². The first-order chi connectivity index (χ1) is 16.8. The van der Waals surface area contributed by atoms with Crippen molar-refractivity contribution in [1.82, 2.24) is 0 Å². The first-order valence-corrected chi connectivity index (χ1v) is 11.2. The topological polar surface area (TPSA) is 93.1 Å². The van der Waals surface area contributed by atoms with Crippen molar-refractivity contribution in [3.8, 4) is 5.75 Å². The molecule has 1 amide bonds. The molecule has 1 heterocycles. The summed E-state index contributed by atoms with van der Waals surface area (Å²) >= 11 is 5.97.